The van der Waals surface area contributed by atoms with Crippen LogP contribution in [0.25, 0.3) is 0 Å². The average Bonchev–Trinajstić information content (AvgIpc) is 2.78. The van der Waals surface area contributed by atoms with E-state index < -0.39 is 10.0 Å². The van der Waals surface area contributed by atoms with Crippen LogP contribution in [0.15, 0.2) is 47.4 Å². The number of nitrogens with one attached hydrogen (secondary N) is 1. The largest absolute Gasteiger partial charge is 0.348 e. The van der Waals surface area contributed by atoms with Crippen molar-refractivity contribution in [1.29, 1.82) is 0 Å². The van der Waals surface area contributed by atoms with E-state index in [2.05, 4.69) is 37.2 Å². The van der Waals surface area contributed by atoms with Gasteiger partial charge in [-0.25, -0.2) is 8.42 Å². The summed E-state index contributed by atoms with van der Waals surface area (Å²) >= 11 is 0. The molecule has 2 aromatic carbocycles. The number of aryl methyl sites for hydroxylation is 1. The van der Waals surface area contributed by atoms with Crippen molar-refractivity contribution in [3.63, 3.8) is 0 Å². The molecule has 3 rings (SSSR count). The fourth-order valence-electron chi connectivity index (χ4n) is 4.18. The highest BCUT2D eigenvalue weighted by molar-refractivity contribution is 7.89. The fraction of sp³-hybridized carbons (Fsp3) is 0.500. The number of nitrogens with zero attached hydrogens (tertiary/aromatic N) is 2. The van der Waals surface area contributed by atoms with Crippen LogP contribution in [0.1, 0.15) is 67.1 Å². The lowest BCUT2D eigenvalue weighted by molar-refractivity contribution is 0.0950. The third-order valence-corrected chi connectivity index (χ3v) is 8.67. The minimum Gasteiger partial charge on any atom is -0.348 e. The minimum atomic E-state index is -3.63. The molecule has 1 aliphatic heterocycles. The number of piperidine rings is 1. The summed E-state index contributed by atoms with van der Waals surface area (Å²) in [4.78, 5) is 15.5. The Bertz CT molecular complexity index is 1080. The summed E-state index contributed by atoms with van der Waals surface area (Å²) in [6.45, 7) is 9.80. The van der Waals surface area contributed by atoms with Crippen LogP contribution >= 0.6 is 0 Å². The molecule has 0 spiro atoms. The number of rotatable bonds is 8. The van der Waals surface area contributed by atoms with Crippen LogP contribution in [-0.4, -0.2) is 49.2 Å². The molecule has 0 aliphatic carbocycles. The van der Waals surface area contributed by atoms with E-state index in [1.165, 1.54) is 11.6 Å². The number of benzene rings is 2. The lowest BCUT2D eigenvalue weighted by Gasteiger charge is -2.32. The summed E-state index contributed by atoms with van der Waals surface area (Å²) in [6.07, 6.45) is 2.78. The van der Waals surface area contributed by atoms with Crippen molar-refractivity contribution in [3.05, 3.63) is 64.7 Å². The van der Waals surface area contributed by atoms with E-state index in [-0.39, 0.29) is 16.8 Å². The Morgan fingerprint density at radius 2 is 1.85 bits per heavy atom. The summed E-state index contributed by atoms with van der Waals surface area (Å²) in [5.74, 6) is -0.261. The van der Waals surface area contributed by atoms with Gasteiger partial charge in [-0.15, -0.1) is 0 Å². The predicted molar refractivity (Wildman–Crippen MR) is 133 cm³/mol. The van der Waals surface area contributed by atoms with Gasteiger partial charge in [-0.05, 0) is 76.4 Å². The topological polar surface area (TPSA) is 69.7 Å². The van der Waals surface area contributed by atoms with Gasteiger partial charge in [-0.1, -0.05) is 36.8 Å². The first-order valence-corrected chi connectivity index (χ1v) is 13.2. The van der Waals surface area contributed by atoms with Gasteiger partial charge in [-0.3, -0.25) is 9.69 Å². The van der Waals surface area contributed by atoms with E-state index in [1.807, 2.05) is 32.0 Å². The summed E-state index contributed by atoms with van der Waals surface area (Å²) in [6, 6.07) is 13.3. The molecule has 1 heterocycles. The van der Waals surface area contributed by atoms with Gasteiger partial charge in [0, 0.05) is 37.3 Å². The van der Waals surface area contributed by atoms with Crippen LogP contribution < -0.4 is 5.32 Å². The minimum absolute atomic E-state index is 0.0252. The van der Waals surface area contributed by atoms with Gasteiger partial charge in [0.2, 0.25) is 10.0 Å². The van der Waals surface area contributed by atoms with Crippen LogP contribution in [0.3, 0.4) is 0 Å². The highest BCUT2D eigenvalue weighted by Gasteiger charge is 2.31. The first-order chi connectivity index (χ1) is 15.6. The fourth-order valence-corrected chi connectivity index (χ4v) is 5.90. The van der Waals surface area contributed by atoms with Crippen LogP contribution in [0.5, 0.6) is 0 Å². The van der Waals surface area contributed by atoms with Gasteiger partial charge in [0.05, 0.1) is 4.90 Å². The van der Waals surface area contributed by atoms with Crippen LogP contribution in [0.2, 0.25) is 0 Å². The van der Waals surface area contributed by atoms with Crippen molar-refractivity contribution >= 4 is 15.9 Å². The molecule has 1 unspecified atom stereocenters. The summed E-state index contributed by atoms with van der Waals surface area (Å²) < 4.78 is 28.1. The quantitative estimate of drug-likeness (QED) is 0.622. The molecular weight excluding hydrogens is 434 g/mol. The Balaban J connectivity index is 1.78. The Kier molecular flexibility index (Phi) is 8.32. The molecule has 1 fully saturated rings. The molecule has 1 N–H and O–H groups in total. The number of carbonyl (C=O) groups excluding carboxylic acids is 1. The number of carbonyl (C=O) groups is 1. The first kappa shape index (κ1) is 25.4. The van der Waals surface area contributed by atoms with Crippen molar-refractivity contribution < 1.29 is 13.2 Å². The highest BCUT2D eigenvalue weighted by Crippen LogP contribution is 2.26. The van der Waals surface area contributed by atoms with Gasteiger partial charge in [0.15, 0.2) is 0 Å². The molecule has 0 bridgehead atoms. The van der Waals surface area contributed by atoms with E-state index in [0.717, 1.165) is 36.9 Å². The second kappa shape index (κ2) is 10.8. The Hall–Kier alpha value is -2.22. The van der Waals surface area contributed by atoms with E-state index >= 15 is 0 Å². The molecule has 6 nitrogen and oxygen atoms in total. The maximum atomic E-state index is 13.3. The van der Waals surface area contributed by atoms with E-state index in [9.17, 15) is 13.2 Å². The molecule has 1 atom stereocenters. The number of sulfonamides is 1. The Morgan fingerprint density at radius 1 is 1.15 bits per heavy atom. The van der Waals surface area contributed by atoms with Gasteiger partial charge in [0.1, 0.15) is 0 Å². The highest BCUT2D eigenvalue weighted by atomic mass is 32.2. The van der Waals surface area contributed by atoms with Crippen molar-refractivity contribution in [2.75, 3.05) is 13.6 Å². The predicted octanol–water partition coefficient (Wildman–Crippen LogP) is 4.33. The monoisotopic (exact) mass is 471 g/mol. The number of amides is 1. The maximum Gasteiger partial charge on any atom is 0.251 e. The number of hydrogen-bond acceptors (Lipinski definition) is 4. The molecule has 2 aromatic rings. The Morgan fingerprint density at radius 3 is 2.52 bits per heavy atom. The molecule has 1 amide bonds. The normalized spacial score (nSPS) is 17.5. The van der Waals surface area contributed by atoms with Gasteiger partial charge in [-0.2, -0.15) is 4.31 Å². The van der Waals surface area contributed by atoms with E-state index in [0.29, 0.717) is 24.7 Å². The molecular formula is C26H37N3O3S. The molecule has 7 heteroatoms. The Labute approximate surface area is 199 Å². The molecule has 1 saturated heterocycles. The third kappa shape index (κ3) is 6.02. The van der Waals surface area contributed by atoms with Crippen LogP contribution in [0, 0.1) is 6.92 Å². The molecule has 180 valence electrons. The zero-order valence-corrected chi connectivity index (χ0v) is 21.3. The summed E-state index contributed by atoms with van der Waals surface area (Å²) in [5.41, 5.74) is 3.38. The van der Waals surface area contributed by atoms with Gasteiger partial charge < -0.3 is 5.32 Å². The lowest BCUT2D eigenvalue weighted by Crippen LogP contribution is -2.42. The van der Waals surface area contributed by atoms with Gasteiger partial charge in [0.25, 0.3) is 5.91 Å². The third-order valence-electron chi connectivity index (χ3n) is 6.66. The van der Waals surface area contributed by atoms with Gasteiger partial charge >= 0.3 is 0 Å². The molecule has 0 saturated carbocycles. The van der Waals surface area contributed by atoms with Crippen molar-refractivity contribution in [2.24, 2.45) is 0 Å². The average molecular weight is 472 g/mol. The van der Waals surface area contributed by atoms with Crippen molar-refractivity contribution in [1.82, 2.24) is 14.5 Å². The van der Waals surface area contributed by atoms with E-state index in [4.69, 9.17) is 0 Å². The van der Waals surface area contributed by atoms with Crippen LogP contribution in [0.4, 0.5) is 0 Å². The number of hydrogen-bond donors (Lipinski definition) is 1. The second-order valence-electron chi connectivity index (χ2n) is 9.40. The summed E-state index contributed by atoms with van der Waals surface area (Å²) in [5, 5.41) is 3.00. The molecule has 0 aromatic heterocycles. The van der Waals surface area contributed by atoms with Crippen molar-refractivity contribution in [3.8, 4) is 0 Å². The summed E-state index contributed by atoms with van der Waals surface area (Å²) in [7, 11) is -1.55. The molecule has 0 radical (unpaired) electrons. The zero-order chi connectivity index (χ0) is 24.2. The lowest BCUT2D eigenvalue weighted by atomic mass is 10.1. The standard InChI is InChI=1S/C26H37N3O3S/c1-19(2)28(5)18-23-12-7-6-11-22(23)17-27-26(30)25-16-24(14-13-20(25)3)33(31,32)29-15-9-8-10-21(29)4/h6-7,11-14,16,19,21H,8-10,15,17-18H2,1-5H3,(H,27,30). The van der Waals surface area contributed by atoms with Crippen molar-refractivity contribution in [2.45, 2.75) is 77.0 Å². The SMILES string of the molecule is Cc1ccc(S(=O)(=O)N2CCCCC2C)cc1C(=O)NCc1ccccc1CN(C)C(C)C. The second-order valence-corrected chi connectivity index (χ2v) is 11.3. The zero-order valence-electron chi connectivity index (χ0n) is 20.5. The molecule has 1 aliphatic rings. The molecule has 33 heavy (non-hydrogen) atoms. The maximum absolute atomic E-state index is 13.3. The van der Waals surface area contributed by atoms with E-state index in [1.54, 1.807) is 16.4 Å². The smallest absolute Gasteiger partial charge is 0.251 e. The van der Waals surface area contributed by atoms with Crippen LogP contribution in [-0.2, 0) is 23.1 Å². The first-order valence-electron chi connectivity index (χ1n) is 11.8.